The molecule has 25 heavy (non-hydrogen) atoms. The molecular formula is C20H19N3OS. The Labute approximate surface area is 150 Å². The van der Waals surface area contributed by atoms with Crippen LogP contribution in [-0.2, 0) is 0 Å². The summed E-state index contributed by atoms with van der Waals surface area (Å²) < 4.78 is 1.87. The zero-order chi connectivity index (χ0) is 17.6. The van der Waals surface area contributed by atoms with Crippen molar-refractivity contribution in [1.82, 2.24) is 4.68 Å². The van der Waals surface area contributed by atoms with Crippen molar-refractivity contribution in [3.05, 3.63) is 83.0 Å². The van der Waals surface area contributed by atoms with E-state index in [-0.39, 0.29) is 5.75 Å². The van der Waals surface area contributed by atoms with Gasteiger partial charge < -0.3 is 5.11 Å². The molecule has 0 saturated heterocycles. The van der Waals surface area contributed by atoms with Gasteiger partial charge in [-0.15, -0.1) is 17.9 Å². The van der Waals surface area contributed by atoms with Gasteiger partial charge in [-0.05, 0) is 36.8 Å². The molecule has 3 aromatic rings. The Kier molecular flexibility index (Phi) is 5.26. The first-order valence-corrected chi connectivity index (χ1v) is 8.79. The Morgan fingerprint density at radius 3 is 2.56 bits per heavy atom. The molecule has 4 nitrogen and oxygen atoms in total. The van der Waals surface area contributed by atoms with E-state index in [4.69, 9.17) is 5.10 Å². The fourth-order valence-corrected chi connectivity index (χ4v) is 3.21. The van der Waals surface area contributed by atoms with Crippen molar-refractivity contribution in [1.29, 1.82) is 0 Å². The minimum Gasteiger partial charge on any atom is -0.508 e. The van der Waals surface area contributed by atoms with Crippen molar-refractivity contribution >= 4 is 17.0 Å². The monoisotopic (exact) mass is 349 g/mol. The second-order valence-corrected chi connectivity index (χ2v) is 6.28. The summed E-state index contributed by atoms with van der Waals surface area (Å²) in [7, 11) is 0. The molecule has 126 valence electrons. The summed E-state index contributed by atoms with van der Waals surface area (Å²) in [6, 6.07) is 17.1. The van der Waals surface area contributed by atoms with E-state index >= 15 is 0 Å². The smallest absolute Gasteiger partial charge is 0.206 e. The van der Waals surface area contributed by atoms with E-state index in [0.717, 1.165) is 27.3 Å². The quantitative estimate of drug-likeness (QED) is 0.542. The molecule has 5 heteroatoms. The van der Waals surface area contributed by atoms with Gasteiger partial charge in [-0.1, -0.05) is 36.4 Å². The molecule has 0 unspecified atom stereocenters. The SMILES string of the molecule is C=CCN=c1scc(-c2ccccc2)n1N=C(C)c1ccc(O)cc1. The van der Waals surface area contributed by atoms with Crippen molar-refractivity contribution in [3.8, 4) is 17.0 Å². The molecule has 0 saturated carbocycles. The van der Waals surface area contributed by atoms with Crippen LogP contribution in [0.5, 0.6) is 5.75 Å². The molecule has 1 aromatic heterocycles. The van der Waals surface area contributed by atoms with Crippen molar-refractivity contribution in [2.24, 2.45) is 10.1 Å². The molecule has 0 spiro atoms. The number of benzene rings is 2. The van der Waals surface area contributed by atoms with Gasteiger partial charge >= 0.3 is 0 Å². The largest absolute Gasteiger partial charge is 0.508 e. The molecule has 0 atom stereocenters. The first kappa shape index (κ1) is 16.9. The second kappa shape index (κ2) is 7.77. The van der Waals surface area contributed by atoms with Crippen LogP contribution in [0, 0.1) is 0 Å². The number of rotatable bonds is 5. The number of hydrogen-bond donors (Lipinski definition) is 1. The fraction of sp³-hybridized carbons (Fsp3) is 0.100. The molecule has 0 bridgehead atoms. The Bertz CT molecular complexity index is 951. The summed E-state index contributed by atoms with van der Waals surface area (Å²) >= 11 is 1.55. The van der Waals surface area contributed by atoms with Gasteiger partial charge in [-0.2, -0.15) is 5.10 Å². The molecule has 0 aliphatic heterocycles. The van der Waals surface area contributed by atoms with Crippen LogP contribution >= 0.6 is 11.3 Å². The lowest BCUT2D eigenvalue weighted by atomic mass is 10.1. The Morgan fingerprint density at radius 2 is 1.88 bits per heavy atom. The maximum absolute atomic E-state index is 9.46. The minimum absolute atomic E-state index is 0.242. The number of thiazole rings is 1. The maximum Gasteiger partial charge on any atom is 0.206 e. The summed E-state index contributed by atoms with van der Waals surface area (Å²) in [5, 5.41) is 16.3. The van der Waals surface area contributed by atoms with Crippen LogP contribution in [0.3, 0.4) is 0 Å². The van der Waals surface area contributed by atoms with Gasteiger partial charge in [0.15, 0.2) is 0 Å². The average molecular weight is 349 g/mol. The molecule has 0 fully saturated rings. The lowest BCUT2D eigenvalue weighted by Crippen LogP contribution is -2.14. The first-order chi connectivity index (χ1) is 12.2. The average Bonchev–Trinajstić information content (AvgIpc) is 3.03. The summed E-state index contributed by atoms with van der Waals surface area (Å²) in [5.74, 6) is 0.242. The Morgan fingerprint density at radius 1 is 1.16 bits per heavy atom. The molecule has 0 aliphatic carbocycles. The van der Waals surface area contributed by atoms with Crippen LogP contribution in [0.1, 0.15) is 12.5 Å². The molecule has 0 aliphatic rings. The number of phenolic OH excluding ortho intramolecular Hbond substituents is 1. The van der Waals surface area contributed by atoms with Crippen LogP contribution in [0.25, 0.3) is 11.3 Å². The zero-order valence-electron chi connectivity index (χ0n) is 14.0. The lowest BCUT2D eigenvalue weighted by Gasteiger charge is -2.06. The first-order valence-electron chi connectivity index (χ1n) is 7.91. The summed E-state index contributed by atoms with van der Waals surface area (Å²) in [4.78, 5) is 5.36. The van der Waals surface area contributed by atoms with Crippen LogP contribution in [0.4, 0.5) is 0 Å². The van der Waals surface area contributed by atoms with Gasteiger partial charge in [-0.25, -0.2) is 4.68 Å². The standard InChI is InChI=1S/C20H19N3OS/c1-3-13-21-20-23(19(14-25-20)17-7-5-4-6-8-17)22-15(2)16-9-11-18(24)12-10-16/h3-12,14,24H,1,13H2,2H3. The molecule has 1 N–H and O–H groups in total. The molecule has 2 aromatic carbocycles. The predicted octanol–water partition coefficient (Wildman–Crippen LogP) is 4.28. The van der Waals surface area contributed by atoms with Gasteiger partial charge in [-0.3, -0.25) is 4.99 Å². The van der Waals surface area contributed by atoms with E-state index in [1.165, 1.54) is 0 Å². The van der Waals surface area contributed by atoms with Crippen LogP contribution in [-0.4, -0.2) is 22.0 Å². The van der Waals surface area contributed by atoms with Crippen LogP contribution in [0.15, 0.2) is 82.7 Å². The van der Waals surface area contributed by atoms with E-state index < -0.39 is 0 Å². The number of hydrogen-bond acceptors (Lipinski definition) is 4. The van der Waals surface area contributed by atoms with Crippen molar-refractivity contribution < 1.29 is 5.11 Å². The second-order valence-electron chi connectivity index (χ2n) is 5.44. The summed E-state index contributed by atoms with van der Waals surface area (Å²) in [6.45, 7) is 6.22. The van der Waals surface area contributed by atoms with E-state index in [1.807, 2.05) is 41.9 Å². The van der Waals surface area contributed by atoms with E-state index in [0.29, 0.717) is 6.54 Å². The molecule has 3 rings (SSSR count). The van der Waals surface area contributed by atoms with E-state index in [2.05, 4.69) is 29.1 Å². The fourth-order valence-electron chi connectivity index (χ4n) is 2.36. The van der Waals surface area contributed by atoms with Crippen LogP contribution in [0.2, 0.25) is 0 Å². The highest BCUT2D eigenvalue weighted by Crippen LogP contribution is 2.20. The molecule has 1 heterocycles. The highest BCUT2D eigenvalue weighted by atomic mass is 32.1. The van der Waals surface area contributed by atoms with E-state index in [9.17, 15) is 5.11 Å². The van der Waals surface area contributed by atoms with Gasteiger partial charge in [0.1, 0.15) is 5.75 Å². The van der Waals surface area contributed by atoms with Gasteiger partial charge in [0.2, 0.25) is 4.80 Å². The van der Waals surface area contributed by atoms with Crippen molar-refractivity contribution in [3.63, 3.8) is 0 Å². The molecule has 0 radical (unpaired) electrons. The van der Waals surface area contributed by atoms with Crippen molar-refractivity contribution in [2.75, 3.05) is 6.54 Å². The third-order valence-corrected chi connectivity index (χ3v) is 4.50. The normalized spacial score (nSPS) is 12.4. The summed E-state index contributed by atoms with van der Waals surface area (Å²) in [6.07, 6.45) is 1.77. The Balaban J connectivity index is 2.12. The number of aromatic nitrogens is 1. The van der Waals surface area contributed by atoms with Gasteiger partial charge in [0, 0.05) is 10.9 Å². The highest BCUT2D eigenvalue weighted by Gasteiger charge is 2.08. The predicted molar refractivity (Wildman–Crippen MR) is 104 cm³/mol. The zero-order valence-corrected chi connectivity index (χ0v) is 14.8. The van der Waals surface area contributed by atoms with Gasteiger partial charge in [0.05, 0.1) is 18.0 Å². The topological polar surface area (TPSA) is 49.9 Å². The summed E-state index contributed by atoms with van der Waals surface area (Å²) in [5.41, 5.74) is 3.87. The number of aromatic hydroxyl groups is 1. The molecule has 0 amide bonds. The number of nitrogens with zero attached hydrogens (tertiary/aromatic N) is 3. The van der Waals surface area contributed by atoms with Gasteiger partial charge in [0.25, 0.3) is 0 Å². The Hall–Kier alpha value is -2.92. The van der Waals surface area contributed by atoms with Crippen LogP contribution < -0.4 is 4.80 Å². The highest BCUT2D eigenvalue weighted by molar-refractivity contribution is 7.07. The third kappa shape index (κ3) is 3.95. The third-order valence-electron chi connectivity index (χ3n) is 3.65. The maximum atomic E-state index is 9.46. The lowest BCUT2D eigenvalue weighted by molar-refractivity contribution is 0.475. The number of phenols is 1. The van der Waals surface area contributed by atoms with E-state index in [1.54, 1.807) is 29.5 Å². The minimum atomic E-state index is 0.242. The molecular weight excluding hydrogens is 330 g/mol. The van der Waals surface area contributed by atoms with Crippen molar-refractivity contribution in [2.45, 2.75) is 6.92 Å².